The van der Waals surface area contributed by atoms with Gasteiger partial charge in [0.15, 0.2) is 11.5 Å². The molecule has 5 nitrogen and oxygen atoms in total. The molecule has 5 heteroatoms. The van der Waals surface area contributed by atoms with E-state index < -0.39 is 17.6 Å². The Bertz CT molecular complexity index is 724. The minimum absolute atomic E-state index is 0.0551. The fourth-order valence-corrected chi connectivity index (χ4v) is 4.84. The van der Waals surface area contributed by atoms with Crippen LogP contribution in [0.5, 0.6) is 11.5 Å². The number of hydrogen-bond donors (Lipinski definition) is 1. The molecule has 0 amide bonds. The molecule has 114 valence electrons. The van der Waals surface area contributed by atoms with E-state index in [0.29, 0.717) is 17.9 Å². The molecular formula is C17H16O5. The van der Waals surface area contributed by atoms with Gasteiger partial charge in [-0.3, -0.25) is 4.79 Å². The molecule has 1 aromatic rings. The largest absolute Gasteiger partial charge is 0.493 e. The predicted molar refractivity (Wildman–Crippen MR) is 75.9 cm³/mol. The highest BCUT2D eigenvalue weighted by molar-refractivity contribution is 5.77. The topological polar surface area (TPSA) is 65.0 Å². The van der Waals surface area contributed by atoms with Crippen molar-refractivity contribution < 1.29 is 24.1 Å². The monoisotopic (exact) mass is 300 g/mol. The minimum atomic E-state index is -0.731. The molecule has 5 rings (SSSR count). The normalized spacial score (nSPS) is 39.8. The average Bonchev–Trinajstić information content (AvgIpc) is 2.82. The van der Waals surface area contributed by atoms with Gasteiger partial charge in [-0.1, -0.05) is 18.2 Å². The van der Waals surface area contributed by atoms with Crippen LogP contribution in [0.15, 0.2) is 24.3 Å². The first-order valence-electron chi connectivity index (χ1n) is 7.58. The SMILES string of the molecule is COc1ccc2c3c1O[C@@H]1[C@H](O)C=C[C@@H]4[C@H](C2)OC(=O)C[C@]341. The van der Waals surface area contributed by atoms with E-state index in [2.05, 4.69) is 0 Å². The third kappa shape index (κ3) is 1.23. The van der Waals surface area contributed by atoms with Gasteiger partial charge in [-0.15, -0.1) is 0 Å². The van der Waals surface area contributed by atoms with Crippen molar-refractivity contribution in [3.05, 3.63) is 35.4 Å². The van der Waals surface area contributed by atoms with E-state index in [1.54, 1.807) is 13.2 Å². The van der Waals surface area contributed by atoms with E-state index in [9.17, 15) is 9.90 Å². The molecule has 0 radical (unpaired) electrons. The van der Waals surface area contributed by atoms with Gasteiger partial charge in [0.25, 0.3) is 0 Å². The maximum Gasteiger partial charge on any atom is 0.307 e. The lowest BCUT2D eigenvalue weighted by Crippen LogP contribution is -2.62. The van der Waals surface area contributed by atoms with Crippen LogP contribution in [0.2, 0.25) is 0 Å². The average molecular weight is 300 g/mol. The van der Waals surface area contributed by atoms with Crippen molar-refractivity contribution >= 4 is 5.97 Å². The summed E-state index contributed by atoms with van der Waals surface area (Å²) >= 11 is 0. The summed E-state index contributed by atoms with van der Waals surface area (Å²) in [4.78, 5) is 12.2. The van der Waals surface area contributed by atoms with Crippen molar-refractivity contribution in [3.63, 3.8) is 0 Å². The zero-order chi connectivity index (χ0) is 15.1. The molecule has 1 fully saturated rings. The van der Waals surface area contributed by atoms with Gasteiger partial charge >= 0.3 is 5.97 Å². The Kier molecular flexibility index (Phi) is 2.19. The second-order valence-corrected chi connectivity index (χ2v) is 6.52. The van der Waals surface area contributed by atoms with Crippen molar-refractivity contribution in [3.8, 4) is 11.5 Å². The standard InChI is InChI=1S/C17H16O5/c1-20-11-5-2-8-6-12-9-3-4-10(18)16-17(9,7-13(19)21-12)14(8)15(11)22-16/h2-5,9-10,12,16,18H,6-7H2,1H3/t9-,10-,12+,16-,17-/m1/s1. The van der Waals surface area contributed by atoms with E-state index in [0.717, 1.165) is 11.1 Å². The maximum absolute atomic E-state index is 12.2. The fourth-order valence-electron chi connectivity index (χ4n) is 4.84. The molecule has 0 aromatic heterocycles. The summed E-state index contributed by atoms with van der Waals surface area (Å²) in [5.41, 5.74) is 1.65. The Balaban J connectivity index is 1.85. The second kappa shape index (κ2) is 3.84. The van der Waals surface area contributed by atoms with Crippen molar-refractivity contribution in [1.29, 1.82) is 0 Å². The van der Waals surface area contributed by atoms with E-state index in [-0.39, 0.29) is 24.4 Å². The van der Waals surface area contributed by atoms with Crippen LogP contribution in [0.25, 0.3) is 0 Å². The maximum atomic E-state index is 12.2. The lowest BCUT2D eigenvalue weighted by molar-refractivity contribution is -0.170. The van der Waals surface area contributed by atoms with E-state index in [1.807, 2.05) is 18.2 Å². The number of rotatable bonds is 1. The molecule has 1 N–H and O–H groups in total. The molecule has 1 aromatic carbocycles. The number of carbonyl (C=O) groups excluding carboxylic acids is 1. The summed E-state index contributed by atoms with van der Waals surface area (Å²) in [7, 11) is 1.61. The number of methoxy groups -OCH3 is 1. The van der Waals surface area contributed by atoms with Crippen LogP contribution in [-0.2, 0) is 21.4 Å². The van der Waals surface area contributed by atoms with Gasteiger partial charge in [0.1, 0.15) is 18.3 Å². The third-order valence-corrected chi connectivity index (χ3v) is 5.61. The number of esters is 1. The Labute approximate surface area is 127 Å². The third-order valence-electron chi connectivity index (χ3n) is 5.61. The summed E-state index contributed by atoms with van der Waals surface area (Å²) in [6, 6.07) is 3.91. The smallest absolute Gasteiger partial charge is 0.307 e. The quantitative estimate of drug-likeness (QED) is 0.622. The van der Waals surface area contributed by atoms with Crippen molar-refractivity contribution in [2.75, 3.05) is 7.11 Å². The summed E-state index contributed by atoms with van der Waals surface area (Å²) in [5.74, 6) is 1.19. The highest BCUT2D eigenvalue weighted by Gasteiger charge is 2.66. The van der Waals surface area contributed by atoms with Crippen molar-refractivity contribution in [2.24, 2.45) is 5.92 Å². The molecule has 0 unspecified atom stereocenters. The number of aliphatic hydroxyl groups is 1. The Hall–Kier alpha value is -2.01. The molecule has 2 bridgehead atoms. The van der Waals surface area contributed by atoms with Crippen LogP contribution in [-0.4, -0.2) is 36.5 Å². The molecule has 1 spiro atoms. The van der Waals surface area contributed by atoms with Gasteiger partial charge in [0.05, 0.1) is 18.9 Å². The van der Waals surface area contributed by atoms with Crippen LogP contribution in [0.4, 0.5) is 0 Å². The highest BCUT2D eigenvalue weighted by atomic mass is 16.6. The number of aliphatic hydroxyl groups excluding tert-OH is 1. The second-order valence-electron chi connectivity index (χ2n) is 6.52. The van der Waals surface area contributed by atoms with Crippen LogP contribution < -0.4 is 9.47 Å². The Morgan fingerprint density at radius 2 is 2.18 bits per heavy atom. The van der Waals surface area contributed by atoms with Crippen molar-refractivity contribution in [1.82, 2.24) is 0 Å². The van der Waals surface area contributed by atoms with Gasteiger partial charge in [-0.2, -0.15) is 0 Å². The molecule has 2 heterocycles. The van der Waals surface area contributed by atoms with Gasteiger partial charge in [0, 0.05) is 17.9 Å². The van der Waals surface area contributed by atoms with Crippen LogP contribution >= 0.6 is 0 Å². The van der Waals surface area contributed by atoms with E-state index in [4.69, 9.17) is 14.2 Å². The fraction of sp³-hybridized carbons (Fsp3) is 0.471. The van der Waals surface area contributed by atoms with Gasteiger partial charge in [-0.05, 0) is 11.6 Å². The van der Waals surface area contributed by atoms with Gasteiger partial charge in [-0.25, -0.2) is 0 Å². The van der Waals surface area contributed by atoms with Crippen molar-refractivity contribution in [2.45, 2.75) is 36.6 Å². The zero-order valence-corrected chi connectivity index (χ0v) is 12.1. The molecule has 2 aliphatic carbocycles. The zero-order valence-electron chi connectivity index (χ0n) is 12.1. The molecule has 5 atom stereocenters. The molecular weight excluding hydrogens is 284 g/mol. The van der Waals surface area contributed by atoms with Crippen LogP contribution in [0.1, 0.15) is 17.5 Å². The number of benzene rings is 1. The molecule has 1 saturated heterocycles. The molecule has 22 heavy (non-hydrogen) atoms. The first kappa shape index (κ1) is 12.5. The molecule has 2 aliphatic heterocycles. The summed E-state index contributed by atoms with van der Waals surface area (Å²) < 4.78 is 17.1. The molecule has 0 saturated carbocycles. The minimum Gasteiger partial charge on any atom is -0.493 e. The summed E-state index contributed by atoms with van der Waals surface area (Å²) in [6.07, 6.45) is 3.33. The van der Waals surface area contributed by atoms with E-state index >= 15 is 0 Å². The Morgan fingerprint density at radius 3 is 3.00 bits per heavy atom. The lowest BCUT2D eigenvalue weighted by atomic mass is 9.55. The predicted octanol–water partition coefficient (Wildman–Crippen LogP) is 1.11. The first-order chi connectivity index (χ1) is 10.6. The van der Waals surface area contributed by atoms with Crippen LogP contribution in [0, 0.1) is 5.92 Å². The Morgan fingerprint density at radius 1 is 1.32 bits per heavy atom. The van der Waals surface area contributed by atoms with Gasteiger partial charge in [0.2, 0.25) is 0 Å². The number of ether oxygens (including phenoxy) is 3. The highest BCUT2D eigenvalue weighted by Crippen LogP contribution is 2.62. The number of hydrogen-bond acceptors (Lipinski definition) is 5. The molecule has 4 aliphatic rings. The van der Waals surface area contributed by atoms with Crippen LogP contribution in [0.3, 0.4) is 0 Å². The first-order valence-corrected chi connectivity index (χ1v) is 7.58. The summed E-state index contributed by atoms with van der Waals surface area (Å²) in [6.45, 7) is 0. The van der Waals surface area contributed by atoms with E-state index in [1.165, 1.54) is 0 Å². The van der Waals surface area contributed by atoms with Gasteiger partial charge < -0.3 is 19.3 Å². The lowest BCUT2D eigenvalue weighted by Gasteiger charge is -2.52. The summed E-state index contributed by atoms with van der Waals surface area (Å²) in [5, 5.41) is 10.4. The number of carbonyl (C=O) groups is 1.